The maximum Gasteiger partial charge on any atom is 0.194 e. The van der Waals surface area contributed by atoms with E-state index in [1.807, 2.05) is 13.0 Å². The third kappa shape index (κ3) is 3.46. The maximum atomic E-state index is 12.9. The van der Waals surface area contributed by atoms with Crippen LogP contribution in [0, 0.1) is 6.92 Å². The molecular weight excluding hydrogens is 338 g/mol. The number of aryl methyl sites for hydroxylation is 1. The van der Waals surface area contributed by atoms with Crippen LogP contribution in [0.5, 0.6) is 0 Å². The van der Waals surface area contributed by atoms with E-state index < -0.39 is 6.29 Å². The average Bonchev–Trinajstić information content (AvgIpc) is 3.18. The summed E-state index contributed by atoms with van der Waals surface area (Å²) in [5, 5.41) is 9.42. The van der Waals surface area contributed by atoms with Crippen molar-refractivity contribution < 1.29 is 19.4 Å². The summed E-state index contributed by atoms with van der Waals surface area (Å²) < 4.78 is 11.0. The van der Waals surface area contributed by atoms with Crippen LogP contribution in [0.4, 0.5) is 0 Å². The largest absolute Gasteiger partial charge is 0.396 e. The lowest BCUT2D eigenvalue weighted by molar-refractivity contribution is -0.0413. The van der Waals surface area contributed by atoms with E-state index >= 15 is 0 Å². The van der Waals surface area contributed by atoms with Crippen LogP contribution < -0.4 is 0 Å². The lowest BCUT2D eigenvalue weighted by Crippen LogP contribution is -2.08. The number of aliphatic hydroxyl groups is 1. The number of aromatic nitrogens is 1. The number of carbonyl (C=O) groups is 1. The second-order valence-corrected chi connectivity index (χ2v) is 6.83. The highest BCUT2D eigenvalue weighted by Crippen LogP contribution is 2.33. The summed E-state index contributed by atoms with van der Waals surface area (Å²) in [7, 11) is 0. The third-order valence-corrected chi connectivity index (χ3v) is 4.89. The molecule has 0 spiro atoms. The standard InChI is InChI=1S/C16H16ClNO4S/c1-9-11(6-13(23-9)16-21-4-5-22-16)15(20)12-7-14(17)18-8-10(12)2-3-19/h6-8,16,19H,2-5H2,1H3. The summed E-state index contributed by atoms with van der Waals surface area (Å²) in [4.78, 5) is 18.7. The summed E-state index contributed by atoms with van der Waals surface area (Å²) >= 11 is 7.42. The first-order chi connectivity index (χ1) is 11.1. The van der Waals surface area contributed by atoms with E-state index in [2.05, 4.69) is 4.98 Å². The fraction of sp³-hybridized carbons (Fsp3) is 0.375. The number of ketones is 1. The smallest absolute Gasteiger partial charge is 0.194 e. The first kappa shape index (κ1) is 16.5. The molecule has 1 aliphatic heterocycles. The highest BCUT2D eigenvalue weighted by molar-refractivity contribution is 7.12. The van der Waals surface area contributed by atoms with E-state index in [1.165, 1.54) is 17.5 Å². The topological polar surface area (TPSA) is 68.7 Å². The Labute approximate surface area is 142 Å². The number of thiophene rings is 1. The van der Waals surface area contributed by atoms with Crippen LogP contribution >= 0.6 is 22.9 Å². The summed E-state index contributed by atoms with van der Waals surface area (Å²) in [5.74, 6) is -0.129. The number of ether oxygens (including phenoxy) is 2. The molecule has 1 fully saturated rings. The van der Waals surface area contributed by atoms with Crippen LogP contribution in [0.25, 0.3) is 0 Å². The van der Waals surface area contributed by atoms with E-state index in [4.69, 9.17) is 26.2 Å². The summed E-state index contributed by atoms with van der Waals surface area (Å²) in [6, 6.07) is 3.36. The van der Waals surface area contributed by atoms with Gasteiger partial charge in [-0.25, -0.2) is 4.98 Å². The van der Waals surface area contributed by atoms with Crippen molar-refractivity contribution in [1.82, 2.24) is 4.98 Å². The van der Waals surface area contributed by atoms with Crippen molar-refractivity contribution in [3.05, 3.63) is 49.9 Å². The average molecular weight is 354 g/mol. The van der Waals surface area contributed by atoms with Crippen molar-refractivity contribution in [2.24, 2.45) is 0 Å². The Morgan fingerprint density at radius 1 is 1.39 bits per heavy atom. The molecule has 7 heteroatoms. The lowest BCUT2D eigenvalue weighted by Gasteiger charge is -2.07. The molecule has 0 atom stereocenters. The van der Waals surface area contributed by atoms with Gasteiger partial charge in [-0.05, 0) is 31.0 Å². The van der Waals surface area contributed by atoms with E-state index in [0.717, 1.165) is 9.75 Å². The summed E-state index contributed by atoms with van der Waals surface area (Å²) in [6.07, 6.45) is 1.51. The maximum absolute atomic E-state index is 12.9. The number of hydrogen-bond donors (Lipinski definition) is 1. The van der Waals surface area contributed by atoms with Crippen LogP contribution in [0.15, 0.2) is 18.3 Å². The van der Waals surface area contributed by atoms with E-state index in [1.54, 1.807) is 6.07 Å². The van der Waals surface area contributed by atoms with E-state index in [0.29, 0.717) is 36.3 Å². The predicted molar refractivity (Wildman–Crippen MR) is 87.2 cm³/mol. The van der Waals surface area contributed by atoms with E-state index in [9.17, 15) is 4.79 Å². The number of nitrogens with zero attached hydrogens (tertiary/aromatic N) is 1. The van der Waals surface area contributed by atoms with Gasteiger partial charge < -0.3 is 14.6 Å². The highest BCUT2D eigenvalue weighted by Gasteiger charge is 2.25. The van der Waals surface area contributed by atoms with E-state index in [-0.39, 0.29) is 17.5 Å². The van der Waals surface area contributed by atoms with Gasteiger partial charge in [0.15, 0.2) is 12.1 Å². The van der Waals surface area contributed by atoms with Gasteiger partial charge in [-0.15, -0.1) is 11.3 Å². The minimum Gasteiger partial charge on any atom is -0.396 e. The van der Waals surface area contributed by atoms with Gasteiger partial charge in [0.05, 0.1) is 18.1 Å². The number of aliphatic hydroxyl groups excluding tert-OH is 1. The van der Waals surface area contributed by atoms with Crippen molar-refractivity contribution in [3.63, 3.8) is 0 Å². The Morgan fingerprint density at radius 3 is 2.83 bits per heavy atom. The molecule has 1 aliphatic rings. The predicted octanol–water partition coefficient (Wildman–Crippen LogP) is 2.92. The molecule has 0 aliphatic carbocycles. The van der Waals surface area contributed by atoms with Gasteiger partial charge in [0.2, 0.25) is 0 Å². The molecular formula is C16H16ClNO4S. The molecule has 0 unspecified atom stereocenters. The van der Waals surface area contributed by atoms with Crippen molar-refractivity contribution in [1.29, 1.82) is 0 Å². The number of halogens is 1. The van der Waals surface area contributed by atoms with Crippen LogP contribution in [0.3, 0.4) is 0 Å². The molecule has 5 nitrogen and oxygen atoms in total. The molecule has 122 valence electrons. The van der Waals surface area contributed by atoms with Gasteiger partial charge in [0, 0.05) is 28.8 Å². The van der Waals surface area contributed by atoms with Gasteiger partial charge in [0.1, 0.15) is 5.15 Å². The molecule has 23 heavy (non-hydrogen) atoms. The Hall–Kier alpha value is -1.31. The van der Waals surface area contributed by atoms with Crippen LogP contribution in [-0.2, 0) is 15.9 Å². The number of rotatable bonds is 5. The molecule has 1 N–H and O–H groups in total. The van der Waals surface area contributed by atoms with Gasteiger partial charge in [-0.1, -0.05) is 11.6 Å². The number of carbonyl (C=O) groups excluding carboxylic acids is 1. The van der Waals surface area contributed by atoms with Gasteiger partial charge in [0.25, 0.3) is 0 Å². The van der Waals surface area contributed by atoms with Crippen LogP contribution in [0.1, 0.15) is 37.5 Å². The second-order valence-electron chi connectivity index (χ2n) is 5.16. The monoisotopic (exact) mass is 353 g/mol. The minimum absolute atomic E-state index is 0.0543. The zero-order valence-electron chi connectivity index (χ0n) is 12.5. The van der Waals surface area contributed by atoms with Gasteiger partial charge in [-0.3, -0.25) is 4.79 Å². The first-order valence-corrected chi connectivity index (χ1v) is 8.43. The zero-order valence-corrected chi connectivity index (χ0v) is 14.1. The zero-order chi connectivity index (χ0) is 16.4. The summed E-state index contributed by atoms with van der Waals surface area (Å²) in [5.41, 5.74) is 1.76. The molecule has 0 radical (unpaired) electrons. The quantitative estimate of drug-likeness (QED) is 0.661. The number of hydrogen-bond acceptors (Lipinski definition) is 6. The fourth-order valence-corrected chi connectivity index (χ4v) is 3.69. The Balaban J connectivity index is 1.95. The third-order valence-electron chi connectivity index (χ3n) is 3.61. The first-order valence-electron chi connectivity index (χ1n) is 7.23. The molecule has 0 bridgehead atoms. The molecule has 2 aromatic rings. The molecule has 0 amide bonds. The van der Waals surface area contributed by atoms with Crippen molar-refractivity contribution in [3.8, 4) is 0 Å². The van der Waals surface area contributed by atoms with Crippen molar-refractivity contribution >= 4 is 28.7 Å². The molecule has 3 rings (SSSR count). The van der Waals surface area contributed by atoms with Gasteiger partial charge in [-0.2, -0.15) is 0 Å². The van der Waals surface area contributed by atoms with Crippen LogP contribution in [0.2, 0.25) is 5.15 Å². The van der Waals surface area contributed by atoms with Crippen molar-refractivity contribution in [2.75, 3.05) is 19.8 Å². The molecule has 0 aromatic carbocycles. The van der Waals surface area contributed by atoms with Gasteiger partial charge >= 0.3 is 0 Å². The molecule has 3 heterocycles. The summed E-state index contributed by atoms with van der Waals surface area (Å²) in [6.45, 7) is 2.96. The number of pyridine rings is 1. The molecule has 2 aromatic heterocycles. The lowest BCUT2D eigenvalue weighted by atomic mass is 9.99. The molecule has 1 saturated heterocycles. The van der Waals surface area contributed by atoms with Crippen LogP contribution in [-0.4, -0.2) is 35.7 Å². The Kier molecular flexibility index (Phi) is 5.08. The SMILES string of the molecule is Cc1sc(C2OCCO2)cc1C(=O)c1cc(Cl)ncc1CCO. The minimum atomic E-state index is -0.391. The Morgan fingerprint density at radius 2 is 2.13 bits per heavy atom. The second kappa shape index (κ2) is 7.07. The fourth-order valence-electron chi connectivity index (χ4n) is 2.50. The highest BCUT2D eigenvalue weighted by atomic mass is 35.5. The van der Waals surface area contributed by atoms with Crippen molar-refractivity contribution in [2.45, 2.75) is 19.6 Å². The molecule has 0 saturated carbocycles. The normalized spacial score (nSPS) is 15.3. The Bertz CT molecular complexity index is 725.